The van der Waals surface area contributed by atoms with Crippen molar-refractivity contribution in [3.05, 3.63) is 36.2 Å². The van der Waals surface area contributed by atoms with E-state index >= 15 is 0 Å². The Morgan fingerprint density at radius 2 is 1.96 bits per heavy atom. The molecule has 8 nitrogen and oxygen atoms in total. The highest BCUT2D eigenvalue weighted by atomic mass is 32.2. The van der Waals surface area contributed by atoms with E-state index < -0.39 is 10.0 Å². The van der Waals surface area contributed by atoms with Crippen molar-refractivity contribution in [2.24, 2.45) is 0 Å². The number of rotatable bonds is 3. The highest BCUT2D eigenvalue weighted by molar-refractivity contribution is 7.88. The number of piperazine rings is 1. The van der Waals surface area contributed by atoms with Gasteiger partial charge >= 0.3 is 0 Å². The molecule has 134 valence electrons. The molecule has 2 atom stereocenters. The average Bonchev–Trinajstić information content (AvgIpc) is 3.06. The maximum absolute atomic E-state index is 12.8. The van der Waals surface area contributed by atoms with E-state index in [4.69, 9.17) is 0 Å². The average molecular weight is 363 g/mol. The van der Waals surface area contributed by atoms with Gasteiger partial charge in [0.05, 0.1) is 11.9 Å². The van der Waals surface area contributed by atoms with E-state index in [2.05, 4.69) is 15.2 Å². The Morgan fingerprint density at radius 3 is 2.60 bits per heavy atom. The van der Waals surface area contributed by atoms with Crippen molar-refractivity contribution in [2.45, 2.75) is 25.9 Å². The second kappa shape index (κ2) is 6.57. The topological polar surface area (TPSA) is 99.3 Å². The van der Waals surface area contributed by atoms with Crippen LogP contribution < -0.4 is 0 Å². The SMILES string of the molecule is C[C@@H]1[C@H](C)N(C(=O)c2cc(-c3ccccn3)n[nH]2)CCN1S(C)(=O)=O. The summed E-state index contributed by atoms with van der Waals surface area (Å²) in [7, 11) is -3.29. The Hall–Kier alpha value is -2.26. The normalized spacial score (nSPS) is 22.1. The van der Waals surface area contributed by atoms with Crippen LogP contribution in [0.2, 0.25) is 0 Å². The van der Waals surface area contributed by atoms with Crippen LogP contribution in [0.3, 0.4) is 0 Å². The van der Waals surface area contributed by atoms with Gasteiger partial charge in [0.25, 0.3) is 5.91 Å². The summed E-state index contributed by atoms with van der Waals surface area (Å²) in [4.78, 5) is 18.7. The highest BCUT2D eigenvalue weighted by Gasteiger charge is 2.38. The molecule has 3 heterocycles. The summed E-state index contributed by atoms with van der Waals surface area (Å²) in [6, 6.07) is 6.63. The fourth-order valence-corrected chi connectivity index (χ4v) is 4.29. The van der Waals surface area contributed by atoms with E-state index in [0.717, 1.165) is 0 Å². The van der Waals surface area contributed by atoms with Crippen molar-refractivity contribution in [3.8, 4) is 11.4 Å². The molecule has 2 aromatic heterocycles. The van der Waals surface area contributed by atoms with E-state index in [0.29, 0.717) is 23.6 Å². The Bertz CT molecular complexity index is 865. The smallest absolute Gasteiger partial charge is 0.272 e. The predicted octanol–water partition coefficient (Wildman–Crippen LogP) is 0.966. The summed E-state index contributed by atoms with van der Waals surface area (Å²) in [5, 5.41) is 6.92. The van der Waals surface area contributed by atoms with Crippen LogP contribution in [0.1, 0.15) is 24.3 Å². The highest BCUT2D eigenvalue weighted by Crippen LogP contribution is 2.22. The first kappa shape index (κ1) is 17.6. The first-order valence-electron chi connectivity index (χ1n) is 8.03. The Morgan fingerprint density at radius 1 is 1.20 bits per heavy atom. The predicted molar refractivity (Wildman–Crippen MR) is 93.3 cm³/mol. The van der Waals surface area contributed by atoms with Crippen LogP contribution in [0.25, 0.3) is 11.4 Å². The van der Waals surface area contributed by atoms with Gasteiger partial charge < -0.3 is 4.90 Å². The van der Waals surface area contributed by atoms with E-state index in [9.17, 15) is 13.2 Å². The van der Waals surface area contributed by atoms with Gasteiger partial charge in [0, 0.05) is 31.4 Å². The number of hydrogen-bond donors (Lipinski definition) is 1. The molecule has 0 aliphatic carbocycles. The number of carbonyl (C=O) groups excluding carboxylic acids is 1. The Kier molecular flexibility index (Phi) is 4.61. The Labute approximate surface area is 146 Å². The van der Waals surface area contributed by atoms with Crippen molar-refractivity contribution in [2.75, 3.05) is 19.3 Å². The zero-order valence-corrected chi connectivity index (χ0v) is 15.2. The molecule has 1 amide bonds. The number of pyridine rings is 1. The fourth-order valence-electron chi connectivity index (χ4n) is 3.10. The zero-order valence-electron chi connectivity index (χ0n) is 14.4. The van der Waals surface area contributed by atoms with Crippen LogP contribution >= 0.6 is 0 Å². The minimum atomic E-state index is -3.29. The Balaban J connectivity index is 1.79. The van der Waals surface area contributed by atoms with Crippen molar-refractivity contribution >= 4 is 15.9 Å². The molecule has 1 aliphatic rings. The standard InChI is InChI=1S/C16H21N5O3S/c1-11-12(2)21(25(3,23)24)9-8-20(11)16(22)15-10-14(18-19-15)13-6-4-5-7-17-13/h4-7,10-12H,8-9H2,1-3H3,(H,18,19)/t11-,12+/m0/s1. The van der Waals surface area contributed by atoms with E-state index in [-0.39, 0.29) is 24.5 Å². The third-order valence-corrected chi connectivity index (χ3v) is 5.99. The largest absolute Gasteiger partial charge is 0.332 e. The third kappa shape index (κ3) is 3.42. The number of aromatic amines is 1. The van der Waals surface area contributed by atoms with Crippen molar-refractivity contribution in [1.82, 2.24) is 24.4 Å². The molecule has 1 saturated heterocycles. The van der Waals surface area contributed by atoms with Gasteiger partial charge in [0.2, 0.25) is 10.0 Å². The van der Waals surface area contributed by atoms with Gasteiger partial charge in [-0.25, -0.2) is 8.42 Å². The van der Waals surface area contributed by atoms with Gasteiger partial charge in [0.15, 0.2) is 0 Å². The minimum absolute atomic E-state index is 0.192. The summed E-state index contributed by atoms with van der Waals surface area (Å²) in [5.41, 5.74) is 1.65. The summed E-state index contributed by atoms with van der Waals surface area (Å²) in [5.74, 6) is -0.192. The van der Waals surface area contributed by atoms with Gasteiger partial charge in [-0.3, -0.25) is 14.9 Å². The van der Waals surface area contributed by atoms with Gasteiger partial charge in [-0.15, -0.1) is 0 Å². The van der Waals surface area contributed by atoms with Crippen LogP contribution in [0.15, 0.2) is 30.5 Å². The molecule has 0 unspecified atom stereocenters. The zero-order chi connectivity index (χ0) is 18.2. The van der Waals surface area contributed by atoms with Crippen molar-refractivity contribution < 1.29 is 13.2 Å². The monoisotopic (exact) mass is 363 g/mol. The molecule has 3 rings (SSSR count). The minimum Gasteiger partial charge on any atom is -0.332 e. The second-order valence-electron chi connectivity index (χ2n) is 6.24. The van der Waals surface area contributed by atoms with Crippen LogP contribution in [0, 0.1) is 0 Å². The van der Waals surface area contributed by atoms with Crippen molar-refractivity contribution in [1.29, 1.82) is 0 Å². The number of aromatic nitrogens is 3. The number of sulfonamides is 1. The summed E-state index contributed by atoms with van der Waals surface area (Å²) >= 11 is 0. The molecule has 25 heavy (non-hydrogen) atoms. The molecule has 9 heteroatoms. The van der Waals surface area contributed by atoms with E-state index in [1.807, 2.05) is 32.0 Å². The first-order chi connectivity index (χ1) is 11.8. The number of H-pyrrole nitrogens is 1. The number of hydrogen-bond acceptors (Lipinski definition) is 5. The molecule has 0 bridgehead atoms. The molecule has 0 spiro atoms. The van der Waals surface area contributed by atoms with Crippen molar-refractivity contribution in [3.63, 3.8) is 0 Å². The number of nitrogens with one attached hydrogen (secondary N) is 1. The van der Waals surface area contributed by atoms with Crippen LogP contribution in [0.5, 0.6) is 0 Å². The molecule has 0 saturated carbocycles. The molecule has 0 radical (unpaired) electrons. The van der Waals surface area contributed by atoms with Crippen LogP contribution in [-0.4, -0.2) is 70.1 Å². The van der Waals surface area contributed by atoms with Gasteiger partial charge in [0.1, 0.15) is 11.4 Å². The van der Waals surface area contributed by atoms with E-state index in [1.54, 1.807) is 17.2 Å². The lowest BCUT2D eigenvalue weighted by molar-refractivity contribution is 0.0478. The maximum Gasteiger partial charge on any atom is 0.272 e. The van der Waals surface area contributed by atoms with E-state index in [1.165, 1.54) is 10.6 Å². The molecule has 1 N–H and O–H groups in total. The molecular weight excluding hydrogens is 342 g/mol. The molecule has 1 fully saturated rings. The summed E-state index contributed by atoms with van der Waals surface area (Å²) in [6.45, 7) is 4.31. The lowest BCUT2D eigenvalue weighted by Crippen LogP contribution is -2.60. The van der Waals surface area contributed by atoms with Crippen LogP contribution in [0.4, 0.5) is 0 Å². The number of carbonyl (C=O) groups is 1. The molecule has 2 aromatic rings. The lowest BCUT2D eigenvalue weighted by Gasteiger charge is -2.43. The van der Waals surface area contributed by atoms with Gasteiger partial charge in [-0.2, -0.15) is 9.40 Å². The number of nitrogens with zero attached hydrogens (tertiary/aromatic N) is 4. The summed E-state index contributed by atoms with van der Waals surface area (Å²) < 4.78 is 25.1. The fraction of sp³-hybridized carbons (Fsp3) is 0.438. The summed E-state index contributed by atoms with van der Waals surface area (Å²) in [6.07, 6.45) is 2.86. The second-order valence-corrected chi connectivity index (χ2v) is 8.17. The van der Waals surface area contributed by atoms with Gasteiger partial charge in [-0.05, 0) is 32.0 Å². The maximum atomic E-state index is 12.8. The quantitative estimate of drug-likeness (QED) is 0.876. The first-order valence-corrected chi connectivity index (χ1v) is 9.88. The number of amides is 1. The lowest BCUT2D eigenvalue weighted by atomic mass is 10.1. The van der Waals surface area contributed by atoms with Gasteiger partial charge in [-0.1, -0.05) is 6.07 Å². The molecule has 0 aromatic carbocycles. The van der Waals surface area contributed by atoms with Crippen LogP contribution in [-0.2, 0) is 10.0 Å². The molecular formula is C16H21N5O3S. The molecule has 1 aliphatic heterocycles. The third-order valence-electron chi connectivity index (χ3n) is 4.63.